The van der Waals surface area contributed by atoms with Crippen molar-refractivity contribution in [1.82, 2.24) is 0 Å². The van der Waals surface area contributed by atoms with Gasteiger partial charge in [-0.05, 0) is 25.0 Å². The minimum absolute atomic E-state index is 0.717. The second-order valence-corrected chi connectivity index (χ2v) is 3.04. The van der Waals surface area contributed by atoms with Crippen molar-refractivity contribution in [3.8, 4) is 0 Å². The second-order valence-electron chi connectivity index (χ2n) is 3.04. The third-order valence-electron chi connectivity index (χ3n) is 1.96. The molecule has 2 nitrogen and oxygen atoms in total. The second kappa shape index (κ2) is 6.57. The lowest BCUT2D eigenvalue weighted by atomic mass is 10.0. The first-order chi connectivity index (χ1) is 6.63. The Morgan fingerprint density at radius 2 is 1.57 bits per heavy atom. The lowest BCUT2D eigenvalue weighted by Gasteiger charge is -2.15. The largest absolute Gasteiger partial charge is 0.390 e. The van der Waals surface area contributed by atoms with E-state index in [1.165, 1.54) is 0 Å². The maximum atomic E-state index is 9.53. The Morgan fingerprint density at radius 3 is 2.00 bits per heavy atom. The molecular formula is C12H20O2. The lowest BCUT2D eigenvalue weighted by molar-refractivity contribution is 0.0301. The topological polar surface area (TPSA) is 40.5 Å². The zero-order chi connectivity index (χ0) is 11.1. The highest BCUT2D eigenvalue weighted by Crippen LogP contribution is 2.19. The van der Waals surface area contributed by atoms with Crippen molar-refractivity contribution in [2.24, 2.45) is 0 Å². The number of aliphatic hydroxyl groups excluding tert-OH is 2. The van der Waals surface area contributed by atoms with E-state index in [-0.39, 0.29) is 0 Å². The molecule has 2 heteroatoms. The van der Waals surface area contributed by atoms with Gasteiger partial charge in [0, 0.05) is 0 Å². The Kier molecular flexibility index (Phi) is 6.17. The smallest absolute Gasteiger partial charge is 0.105 e. The molecular weight excluding hydrogens is 176 g/mol. The van der Waals surface area contributed by atoms with Crippen molar-refractivity contribution in [2.75, 3.05) is 0 Å². The van der Waals surface area contributed by atoms with Crippen molar-refractivity contribution >= 4 is 0 Å². The van der Waals surface area contributed by atoms with E-state index >= 15 is 0 Å². The monoisotopic (exact) mass is 196 g/mol. The molecule has 1 aromatic rings. The number of hydrogen-bond acceptors (Lipinski definition) is 2. The summed E-state index contributed by atoms with van der Waals surface area (Å²) in [5.41, 5.74) is 1.80. The van der Waals surface area contributed by atoms with Gasteiger partial charge in [0.1, 0.15) is 6.10 Å². The van der Waals surface area contributed by atoms with Crippen molar-refractivity contribution < 1.29 is 10.2 Å². The van der Waals surface area contributed by atoms with E-state index in [1.54, 1.807) is 6.92 Å². The summed E-state index contributed by atoms with van der Waals surface area (Å²) >= 11 is 0. The summed E-state index contributed by atoms with van der Waals surface area (Å²) in [6.45, 7) is 7.50. The van der Waals surface area contributed by atoms with Crippen LogP contribution in [0.25, 0.3) is 0 Å². The first-order valence-corrected chi connectivity index (χ1v) is 5.04. The fourth-order valence-corrected chi connectivity index (χ4v) is 1.18. The molecule has 1 aromatic carbocycles. The summed E-state index contributed by atoms with van der Waals surface area (Å²) in [5, 5.41) is 18.7. The van der Waals surface area contributed by atoms with Crippen LogP contribution in [0.2, 0.25) is 0 Å². The fraction of sp³-hybridized carbons (Fsp3) is 0.500. The predicted octanol–water partition coefficient (Wildman–Crippen LogP) is 2.44. The number of hydrogen-bond donors (Lipinski definition) is 2. The molecule has 0 bridgehead atoms. The van der Waals surface area contributed by atoms with Gasteiger partial charge in [0.2, 0.25) is 0 Å². The molecule has 0 fully saturated rings. The van der Waals surface area contributed by atoms with Gasteiger partial charge in [-0.1, -0.05) is 38.1 Å². The minimum Gasteiger partial charge on any atom is -0.390 e. The van der Waals surface area contributed by atoms with Crippen LogP contribution in [0.4, 0.5) is 0 Å². The molecule has 0 aliphatic heterocycles. The predicted molar refractivity (Wildman–Crippen MR) is 59.2 cm³/mol. The van der Waals surface area contributed by atoms with E-state index in [1.807, 2.05) is 45.0 Å². The number of benzene rings is 1. The molecule has 0 spiro atoms. The van der Waals surface area contributed by atoms with Crippen molar-refractivity contribution in [2.45, 2.75) is 39.9 Å². The van der Waals surface area contributed by atoms with Crippen LogP contribution >= 0.6 is 0 Å². The highest BCUT2D eigenvalue weighted by molar-refractivity contribution is 5.28. The van der Waals surface area contributed by atoms with Crippen LogP contribution in [0.1, 0.15) is 38.0 Å². The van der Waals surface area contributed by atoms with Gasteiger partial charge in [0.05, 0.1) is 6.10 Å². The van der Waals surface area contributed by atoms with Crippen molar-refractivity contribution in [3.05, 3.63) is 35.4 Å². The Bertz CT molecular complexity index is 256. The minimum atomic E-state index is -0.772. The first-order valence-electron chi connectivity index (χ1n) is 5.04. The molecule has 0 radical (unpaired) electrons. The van der Waals surface area contributed by atoms with Crippen molar-refractivity contribution in [3.63, 3.8) is 0 Å². The molecule has 0 saturated carbocycles. The zero-order valence-corrected chi connectivity index (χ0v) is 9.36. The van der Waals surface area contributed by atoms with E-state index in [0.29, 0.717) is 0 Å². The van der Waals surface area contributed by atoms with Crippen LogP contribution in [-0.4, -0.2) is 16.3 Å². The van der Waals surface area contributed by atoms with Gasteiger partial charge in [0.15, 0.2) is 0 Å². The average molecular weight is 196 g/mol. The maximum absolute atomic E-state index is 9.53. The third-order valence-corrected chi connectivity index (χ3v) is 1.96. The van der Waals surface area contributed by atoms with E-state index in [4.69, 9.17) is 5.11 Å². The highest BCUT2D eigenvalue weighted by atomic mass is 16.3. The Labute approximate surface area is 86.2 Å². The van der Waals surface area contributed by atoms with E-state index in [0.717, 1.165) is 11.1 Å². The van der Waals surface area contributed by atoms with Crippen LogP contribution in [0.5, 0.6) is 0 Å². The SMILES string of the molecule is CC.Cc1ccccc1C(O)C(C)O. The maximum Gasteiger partial charge on any atom is 0.105 e. The fourth-order valence-electron chi connectivity index (χ4n) is 1.18. The first kappa shape index (κ1) is 13.1. The Balaban J connectivity index is 0.000000791. The van der Waals surface area contributed by atoms with Gasteiger partial charge < -0.3 is 10.2 Å². The number of aryl methyl sites for hydroxylation is 1. The van der Waals surface area contributed by atoms with Gasteiger partial charge in [-0.25, -0.2) is 0 Å². The molecule has 0 aliphatic carbocycles. The van der Waals surface area contributed by atoms with E-state index in [2.05, 4.69) is 0 Å². The summed E-state index contributed by atoms with van der Waals surface area (Å²) in [5.74, 6) is 0. The van der Waals surface area contributed by atoms with Gasteiger partial charge in [-0.15, -0.1) is 0 Å². The number of rotatable bonds is 2. The molecule has 1 rings (SSSR count). The van der Waals surface area contributed by atoms with E-state index in [9.17, 15) is 5.11 Å². The average Bonchev–Trinajstić information content (AvgIpc) is 2.20. The summed E-state index contributed by atoms with van der Waals surface area (Å²) in [4.78, 5) is 0. The van der Waals surface area contributed by atoms with Crippen LogP contribution in [0.15, 0.2) is 24.3 Å². The standard InChI is InChI=1S/C10H14O2.C2H6/c1-7-5-3-4-6-9(7)10(12)8(2)11;1-2/h3-6,8,10-12H,1-2H3;1-2H3. The summed E-state index contributed by atoms with van der Waals surface area (Å²) in [7, 11) is 0. The third kappa shape index (κ3) is 3.48. The molecule has 2 N–H and O–H groups in total. The molecule has 0 heterocycles. The summed E-state index contributed by atoms with van der Waals surface area (Å²) < 4.78 is 0. The lowest BCUT2D eigenvalue weighted by Crippen LogP contribution is -2.14. The zero-order valence-electron chi connectivity index (χ0n) is 9.36. The Hall–Kier alpha value is -0.860. The van der Waals surface area contributed by atoms with Crippen LogP contribution in [-0.2, 0) is 0 Å². The quantitative estimate of drug-likeness (QED) is 0.762. The molecule has 0 saturated heterocycles. The summed E-state index contributed by atoms with van der Waals surface area (Å²) in [6.07, 6.45) is -1.49. The normalized spacial score (nSPS) is 13.9. The van der Waals surface area contributed by atoms with Gasteiger partial charge in [0.25, 0.3) is 0 Å². The molecule has 0 aromatic heterocycles. The molecule has 0 amide bonds. The van der Waals surface area contributed by atoms with Crippen LogP contribution < -0.4 is 0 Å². The molecule has 2 unspecified atom stereocenters. The van der Waals surface area contributed by atoms with Crippen LogP contribution in [0.3, 0.4) is 0 Å². The summed E-state index contributed by atoms with van der Waals surface area (Å²) in [6, 6.07) is 7.51. The van der Waals surface area contributed by atoms with Crippen LogP contribution in [0, 0.1) is 6.92 Å². The molecule has 80 valence electrons. The van der Waals surface area contributed by atoms with Crippen molar-refractivity contribution in [1.29, 1.82) is 0 Å². The molecule has 0 aliphatic rings. The highest BCUT2D eigenvalue weighted by Gasteiger charge is 2.14. The molecule has 2 atom stereocenters. The van der Waals surface area contributed by atoms with Gasteiger partial charge in [-0.2, -0.15) is 0 Å². The Morgan fingerprint density at radius 1 is 1.07 bits per heavy atom. The number of aliphatic hydroxyl groups is 2. The van der Waals surface area contributed by atoms with E-state index < -0.39 is 12.2 Å². The molecule has 14 heavy (non-hydrogen) atoms. The van der Waals surface area contributed by atoms with Gasteiger partial charge >= 0.3 is 0 Å². The van der Waals surface area contributed by atoms with Gasteiger partial charge in [-0.3, -0.25) is 0 Å².